The van der Waals surface area contributed by atoms with Crippen LogP contribution in [0.1, 0.15) is 25.0 Å². The van der Waals surface area contributed by atoms with Crippen molar-refractivity contribution in [2.24, 2.45) is 0 Å². The molecule has 0 unspecified atom stereocenters. The van der Waals surface area contributed by atoms with Gasteiger partial charge in [0.25, 0.3) is 0 Å². The topological polar surface area (TPSA) is 21.3 Å². The summed E-state index contributed by atoms with van der Waals surface area (Å²) >= 11 is 0. The molecule has 64 heavy (non-hydrogen) atoms. The van der Waals surface area contributed by atoms with E-state index in [4.69, 9.17) is 4.42 Å². The smallest absolute Gasteiger partial charge is 0.143 e. The summed E-state index contributed by atoms with van der Waals surface area (Å²) < 4.78 is 8.84. The quantitative estimate of drug-likeness (QED) is 0.167. The second kappa shape index (κ2) is 13.9. The van der Waals surface area contributed by atoms with Crippen LogP contribution in [-0.2, 0) is 5.41 Å². The Balaban J connectivity index is 0.914. The minimum absolute atomic E-state index is 0.123. The molecule has 0 radical (unpaired) electrons. The molecule has 3 nitrogen and oxygen atoms in total. The maximum atomic E-state index is 6.46. The van der Waals surface area contributed by atoms with Gasteiger partial charge in [0, 0.05) is 55.3 Å². The fourth-order valence-electron chi connectivity index (χ4n) is 10.6. The molecule has 0 N–H and O–H groups in total. The number of benzene rings is 10. The van der Waals surface area contributed by atoms with Crippen LogP contribution in [0.4, 0.5) is 17.1 Å². The van der Waals surface area contributed by atoms with Crippen LogP contribution < -0.4 is 4.90 Å². The monoisotopic (exact) mass is 818 g/mol. The van der Waals surface area contributed by atoms with Gasteiger partial charge in [0.2, 0.25) is 0 Å². The van der Waals surface area contributed by atoms with E-state index < -0.39 is 0 Å². The SMILES string of the molecule is CC1(C)c2ccccc2-c2ccc(N(c3ccc(-c4cccc5c4oc4ccccc45)cc3)c3ccc4cc(-c5ccc6c(c5)c5ccccc5n6-c5ccccc5)ccc4c3)cc21. The van der Waals surface area contributed by atoms with E-state index in [1.807, 2.05) is 12.1 Å². The average Bonchev–Trinajstić information content (AvgIpc) is 3.97. The third-order valence-electron chi connectivity index (χ3n) is 13.8. The van der Waals surface area contributed by atoms with Gasteiger partial charge in [-0.3, -0.25) is 0 Å². The van der Waals surface area contributed by atoms with Crippen molar-refractivity contribution in [2.75, 3.05) is 4.90 Å². The number of nitrogens with zero attached hydrogens (tertiary/aromatic N) is 2. The van der Waals surface area contributed by atoms with E-state index >= 15 is 0 Å². The molecule has 0 fully saturated rings. The van der Waals surface area contributed by atoms with E-state index in [1.165, 1.54) is 71.6 Å². The van der Waals surface area contributed by atoms with Gasteiger partial charge in [0.15, 0.2) is 0 Å². The van der Waals surface area contributed by atoms with Crippen molar-refractivity contribution >= 4 is 71.6 Å². The largest absolute Gasteiger partial charge is 0.455 e. The van der Waals surface area contributed by atoms with Crippen LogP contribution in [0, 0.1) is 0 Å². The van der Waals surface area contributed by atoms with Gasteiger partial charge in [-0.2, -0.15) is 0 Å². The normalized spacial score (nSPS) is 13.0. The second-order valence-corrected chi connectivity index (χ2v) is 17.7. The van der Waals surface area contributed by atoms with Crippen molar-refractivity contribution in [1.29, 1.82) is 0 Å². The summed E-state index contributed by atoms with van der Waals surface area (Å²) in [4.78, 5) is 2.41. The van der Waals surface area contributed by atoms with Gasteiger partial charge in [0.1, 0.15) is 11.2 Å². The highest BCUT2D eigenvalue weighted by Gasteiger charge is 2.35. The van der Waals surface area contributed by atoms with Gasteiger partial charge < -0.3 is 13.9 Å². The van der Waals surface area contributed by atoms with Crippen molar-refractivity contribution in [3.63, 3.8) is 0 Å². The molecule has 0 saturated carbocycles. The Labute approximate surface area is 371 Å². The lowest BCUT2D eigenvalue weighted by Gasteiger charge is -2.28. The zero-order chi connectivity index (χ0) is 42.5. The van der Waals surface area contributed by atoms with Gasteiger partial charge in [-0.15, -0.1) is 0 Å². The van der Waals surface area contributed by atoms with Crippen molar-refractivity contribution < 1.29 is 4.42 Å². The Kier molecular flexibility index (Phi) is 7.95. The molecule has 0 aliphatic heterocycles. The second-order valence-electron chi connectivity index (χ2n) is 17.7. The maximum Gasteiger partial charge on any atom is 0.143 e. The van der Waals surface area contributed by atoms with Gasteiger partial charge >= 0.3 is 0 Å². The third-order valence-corrected chi connectivity index (χ3v) is 13.8. The highest BCUT2D eigenvalue weighted by atomic mass is 16.3. The Morgan fingerprint density at radius 3 is 1.89 bits per heavy atom. The number of hydrogen-bond acceptors (Lipinski definition) is 2. The summed E-state index contributed by atoms with van der Waals surface area (Å²) in [5.74, 6) is 0. The molecule has 0 saturated heterocycles. The van der Waals surface area contributed by atoms with Crippen LogP contribution in [0.2, 0.25) is 0 Å². The van der Waals surface area contributed by atoms with Gasteiger partial charge in [0.05, 0.1) is 11.0 Å². The summed E-state index contributed by atoms with van der Waals surface area (Å²) in [6.45, 7) is 4.71. The molecule has 0 amide bonds. The predicted octanol–water partition coefficient (Wildman–Crippen LogP) is 16.9. The van der Waals surface area contributed by atoms with Crippen molar-refractivity contribution in [3.8, 4) is 39.1 Å². The first kappa shape index (κ1) is 36.5. The number of hydrogen-bond donors (Lipinski definition) is 0. The van der Waals surface area contributed by atoms with Crippen LogP contribution in [0.5, 0.6) is 0 Å². The van der Waals surface area contributed by atoms with E-state index in [2.05, 4.69) is 230 Å². The Bertz CT molecular complexity index is 3810. The molecule has 1 aliphatic rings. The van der Waals surface area contributed by atoms with Crippen molar-refractivity contribution in [1.82, 2.24) is 4.57 Å². The molecule has 2 aromatic heterocycles. The predicted molar refractivity (Wildman–Crippen MR) is 269 cm³/mol. The summed E-state index contributed by atoms with van der Waals surface area (Å²) in [7, 11) is 0. The van der Waals surface area contributed by atoms with E-state index in [1.54, 1.807) is 0 Å². The first-order valence-electron chi connectivity index (χ1n) is 22.2. The Hall–Kier alpha value is -8.14. The van der Waals surface area contributed by atoms with E-state index in [-0.39, 0.29) is 5.41 Å². The Morgan fingerprint density at radius 1 is 0.391 bits per heavy atom. The molecule has 0 spiro atoms. The lowest BCUT2D eigenvalue weighted by molar-refractivity contribution is 0.660. The van der Waals surface area contributed by atoms with Crippen LogP contribution in [-0.4, -0.2) is 4.57 Å². The third kappa shape index (κ3) is 5.54. The van der Waals surface area contributed by atoms with Crippen molar-refractivity contribution in [3.05, 3.63) is 230 Å². The van der Waals surface area contributed by atoms with Crippen LogP contribution in [0.3, 0.4) is 0 Å². The minimum Gasteiger partial charge on any atom is -0.455 e. The summed E-state index contributed by atoms with van der Waals surface area (Å²) in [6.07, 6.45) is 0. The van der Waals surface area contributed by atoms with Crippen molar-refractivity contribution in [2.45, 2.75) is 19.3 Å². The maximum absolute atomic E-state index is 6.46. The van der Waals surface area contributed by atoms with E-state index in [0.29, 0.717) is 0 Å². The van der Waals surface area contributed by atoms with Gasteiger partial charge in [-0.05, 0) is 129 Å². The average molecular weight is 819 g/mol. The standard InChI is InChI=1S/C61H42N2O/c1-61(2)55-20-9-6-15-49(55)50-33-32-47(38-56(50)61)62(45-29-25-39(26-30-45)48-18-12-19-53-52-17-8-11-22-59(52)64-60(48)53)46-31-27-41-35-40(23-24-42(41)36-46)43-28-34-58-54(37-43)51-16-7-10-21-57(51)63(58)44-13-4-3-5-14-44/h3-38H,1-2H3. The lowest BCUT2D eigenvalue weighted by Crippen LogP contribution is -2.16. The molecular weight excluding hydrogens is 777 g/mol. The molecule has 302 valence electrons. The molecule has 0 bridgehead atoms. The van der Waals surface area contributed by atoms with Crippen LogP contribution in [0.15, 0.2) is 223 Å². The summed E-state index contributed by atoms with van der Waals surface area (Å²) in [5, 5.41) is 7.18. The van der Waals surface area contributed by atoms with E-state index in [0.717, 1.165) is 50.1 Å². The highest BCUT2D eigenvalue weighted by molar-refractivity contribution is 6.11. The molecule has 12 aromatic rings. The zero-order valence-electron chi connectivity index (χ0n) is 35.6. The molecule has 10 aromatic carbocycles. The number of furan rings is 1. The Morgan fingerprint density at radius 2 is 1.00 bits per heavy atom. The molecule has 3 heteroatoms. The molecular formula is C61H42N2O. The van der Waals surface area contributed by atoms with E-state index in [9.17, 15) is 0 Å². The van der Waals surface area contributed by atoms with Gasteiger partial charge in [-0.1, -0.05) is 153 Å². The number of aromatic nitrogens is 1. The molecule has 13 rings (SSSR count). The molecule has 2 heterocycles. The zero-order valence-corrected chi connectivity index (χ0v) is 35.6. The number of rotatable bonds is 6. The summed E-state index contributed by atoms with van der Waals surface area (Å²) in [6, 6.07) is 79.7. The highest BCUT2D eigenvalue weighted by Crippen LogP contribution is 2.51. The van der Waals surface area contributed by atoms with Gasteiger partial charge in [-0.25, -0.2) is 0 Å². The number of para-hydroxylation sites is 4. The molecule has 1 aliphatic carbocycles. The first-order chi connectivity index (χ1) is 31.5. The van der Waals surface area contributed by atoms with Crippen LogP contribution >= 0.6 is 0 Å². The lowest BCUT2D eigenvalue weighted by atomic mass is 9.82. The number of anilines is 3. The first-order valence-corrected chi connectivity index (χ1v) is 22.2. The summed E-state index contributed by atoms with van der Waals surface area (Å²) in [5.41, 5.74) is 18.6. The molecule has 0 atom stereocenters. The fourth-order valence-corrected chi connectivity index (χ4v) is 10.6. The minimum atomic E-state index is -0.123. The van der Waals surface area contributed by atoms with Crippen LogP contribution in [0.25, 0.3) is 93.6 Å². The number of fused-ring (bicyclic) bond motifs is 10. The fraction of sp³-hybridized carbons (Fsp3) is 0.0492.